The number of anilines is 1. The minimum atomic E-state index is -1.73. The number of hydrogen-bond donors (Lipinski definition) is 2. The molecule has 7 nitrogen and oxygen atoms in total. The summed E-state index contributed by atoms with van der Waals surface area (Å²) in [4.78, 5) is 27.3. The minimum Gasteiger partial charge on any atom is -0.463 e. The van der Waals surface area contributed by atoms with Crippen LogP contribution >= 0.6 is 0 Å². The van der Waals surface area contributed by atoms with Crippen molar-refractivity contribution in [1.29, 1.82) is 0 Å². The van der Waals surface area contributed by atoms with Gasteiger partial charge >= 0.3 is 6.09 Å². The topological polar surface area (TPSA) is 94.0 Å². The van der Waals surface area contributed by atoms with Gasteiger partial charge in [0.1, 0.15) is 5.82 Å². The minimum absolute atomic E-state index is 0.00417. The second kappa shape index (κ2) is 4.58. The maximum atomic E-state index is 11.3. The van der Waals surface area contributed by atoms with Gasteiger partial charge in [-0.15, -0.1) is 5.06 Å². The lowest BCUT2D eigenvalue weighted by Gasteiger charge is -2.12. The highest BCUT2D eigenvalue weighted by molar-refractivity contribution is 6.01. The Kier molecular flexibility index (Phi) is 3.41. The summed E-state index contributed by atoms with van der Waals surface area (Å²) >= 11 is 0. The third kappa shape index (κ3) is 2.45. The Morgan fingerprint density at radius 1 is 1.31 bits per heavy atom. The van der Waals surface area contributed by atoms with Crippen LogP contribution in [0.2, 0.25) is 0 Å². The SMILES string of the molecule is CN(C)c1ccc(C(=O)N(O)C(=O)O)cn1. The molecule has 0 aliphatic rings. The summed E-state index contributed by atoms with van der Waals surface area (Å²) in [5.41, 5.74) is -0.00417. The smallest absolute Gasteiger partial charge is 0.439 e. The number of hydroxylamine groups is 2. The van der Waals surface area contributed by atoms with Crippen molar-refractivity contribution in [2.75, 3.05) is 19.0 Å². The zero-order valence-electron chi connectivity index (χ0n) is 8.78. The Bertz CT molecular complexity index is 402. The van der Waals surface area contributed by atoms with E-state index in [9.17, 15) is 9.59 Å². The quantitative estimate of drug-likeness (QED) is 0.567. The standard InChI is InChI=1S/C9H11N3O4/c1-11(2)7-4-3-6(5-10-7)8(13)12(16)9(14)15/h3-5,16H,1-2H3,(H,14,15). The van der Waals surface area contributed by atoms with Crippen LogP contribution in [-0.4, -0.2) is 46.5 Å². The van der Waals surface area contributed by atoms with Crippen molar-refractivity contribution in [3.05, 3.63) is 23.9 Å². The van der Waals surface area contributed by atoms with Crippen molar-refractivity contribution in [2.24, 2.45) is 0 Å². The predicted octanol–water partition coefficient (Wildman–Crippen LogP) is 0.657. The van der Waals surface area contributed by atoms with Gasteiger partial charge in [-0.3, -0.25) is 10.0 Å². The van der Waals surface area contributed by atoms with Gasteiger partial charge in [0.05, 0.1) is 5.56 Å². The summed E-state index contributed by atoms with van der Waals surface area (Å²) in [5, 5.41) is 16.9. The lowest BCUT2D eigenvalue weighted by atomic mass is 10.2. The molecular weight excluding hydrogens is 214 g/mol. The van der Waals surface area contributed by atoms with Crippen LogP contribution in [0.1, 0.15) is 10.4 Å². The molecular formula is C9H11N3O4. The summed E-state index contributed by atoms with van der Waals surface area (Å²) in [6.07, 6.45) is -0.536. The molecule has 0 bridgehead atoms. The van der Waals surface area contributed by atoms with E-state index in [0.717, 1.165) is 0 Å². The van der Waals surface area contributed by atoms with E-state index < -0.39 is 12.0 Å². The van der Waals surface area contributed by atoms with Gasteiger partial charge in [0.25, 0.3) is 5.91 Å². The molecule has 0 radical (unpaired) electrons. The first-order valence-corrected chi connectivity index (χ1v) is 4.33. The number of rotatable bonds is 2. The molecule has 0 aliphatic carbocycles. The van der Waals surface area contributed by atoms with Gasteiger partial charge in [0.15, 0.2) is 0 Å². The third-order valence-corrected chi connectivity index (χ3v) is 1.83. The predicted molar refractivity (Wildman–Crippen MR) is 54.5 cm³/mol. The first-order valence-electron chi connectivity index (χ1n) is 4.33. The molecule has 0 fully saturated rings. The number of pyridine rings is 1. The second-order valence-electron chi connectivity index (χ2n) is 3.20. The molecule has 1 rings (SSSR count). The van der Waals surface area contributed by atoms with Crippen LogP contribution in [-0.2, 0) is 0 Å². The van der Waals surface area contributed by atoms with Crippen molar-refractivity contribution in [3.8, 4) is 0 Å². The van der Waals surface area contributed by atoms with Gasteiger partial charge in [-0.25, -0.2) is 9.78 Å². The number of amides is 2. The number of imide groups is 1. The van der Waals surface area contributed by atoms with Crippen LogP contribution in [0.4, 0.5) is 10.6 Å². The lowest BCUT2D eigenvalue weighted by molar-refractivity contribution is -0.0396. The van der Waals surface area contributed by atoms with E-state index in [4.69, 9.17) is 10.3 Å². The zero-order valence-corrected chi connectivity index (χ0v) is 8.78. The normalized spacial score (nSPS) is 9.69. The Morgan fingerprint density at radius 2 is 1.94 bits per heavy atom. The fourth-order valence-electron chi connectivity index (χ4n) is 0.986. The first kappa shape index (κ1) is 11.9. The summed E-state index contributed by atoms with van der Waals surface area (Å²) in [6.45, 7) is 0. The van der Waals surface area contributed by atoms with Crippen LogP contribution in [0.25, 0.3) is 0 Å². The second-order valence-corrected chi connectivity index (χ2v) is 3.20. The van der Waals surface area contributed by atoms with Crippen LogP contribution in [0, 0.1) is 0 Å². The van der Waals surface area contributed by atoms with Crippen LogP contribution < -0.4 is 4.90 Å². The molecule has 0 saturated carbocycles. The summed E-state index contributed by atoms with van der Waals surface area (Å²) in [5.74, 6) is -0.415. The highest BCUT2D eigenvalue weighted by Gasteiger charge is 2.20. The first-order chi connectivity index (χ1) is 7.43. The molecule has 2 amide bonds. The number of carbonyl (C=O) groups is 2. The molecule has 0 saturated heterocycles. The molecule has 1 aromatic rings. The van der Waals surface area contributed by atoms with E-state index in [1.807, 2.05) is 0 Å². The highest BCUT2D eigenvalue weighted by Crippen LogP contribution is 2.09. The number of hydrogen-bond acceptors (Lipinski definition) is 5. The molecule has 1 heterocycles. The van der Waals surface area contributed by atoms with Crippen LogP contribution in [0.5, 0.6) is 0 Å². The molecule has 0 unspecified atom stereocenters. The molecule has 0 spiro atoms. The molecule has 86 valence electrons. The summed E-state index contributed by atoms with van der Waals surface area (Å²) in [7, 11) is 3.55. The molecule has 0 atom stereocenters. The molecule has 1 aromatic heterocycles. The monoisotopic (exact) mass is 225 g/mol. The zero-order chi connectivity index (χ0) is 12.3. The number of nitrogens with zero attached hydrogens (tertiary/aromatic N) is 3. The van der Waals surface area contributed by atoms with E-state index in [0.29, 0.717) is 5.82 Å². The Labute approximate surface area is 91.5 Å². The Hall–Kier alpha value is -2.15. The van der Waals surface area contributed by atoms with E-state index in [2.05, 4.69) is 4.98 Å². The largest absolute Gasteiger partial charge is 0.463 e. The lowest BCUT2D eigenvalue weighted by Crippen LogP contribution is -2.32. The average Bonchev–Trinajstić information content (AvgIpc) is 2.27. The maximum Gasteiger partial charge on any atom is 0.439 e. The van der Waals surface area contributed by atoms with E-state index in [1.54, 1.807) is 25.1 Å². The van der Waals surface area contributed by atoms with Crippen LogP contribution in [0.15, 0.2) is 18.3 Å². The number of aromatic nitrogens is 1. The van der Waals surface area contributed by atoms with Gasteiger partial charge in [0.2, 0.25) is 0 Å². The maximum absolute atomic E-state index is 11.3. The summed E-state index contributed by atoms with van der Waals surface area (Å²) in [6, 6.07) is 2.93. The van der Waals surface area contributed by atoms with Crippen molar-refractivity contribution < 1.29 is 19.9 Å². The van der Waals surface area contributed by atoms with E-state index >= 15 is 0 Å². The number of carbonyl (C=O) groups excluding carboxylic acids is 1. The molecule has 0 aliphatic heterocycles. The third-order valence-electron chi connectivity index (χ3n) is 1.83. The van der Waals surface area contributed by atoms with Gasteiger partial charge in [-0.1, -0.05) is 0 Å². The number of carboxylic acid groups (broad SMARTS) is 1. The summed E-state index contributed by atoms with van der Waals surface area (Å²) < 4.78 is 0. The Morgan fingerprint density at radius 3 is 2.31 bits per heavy atom. The molecule has 7 heteroatoms. The molecule has 2 N–H and O–H groups in total. The molecule has 0 aromatic carbocycles. The van der Waals surface area contributed by atoms with Crippen molar-refractivity contribution in [1.82, 2.24) is 10.0 Å². The highest BCUT2D eigenvalue weighted by atomic mass is 16.6. The van der Waals surface area contributed by atoms with Gasteiger partial charge in [0, 0.05) is 20.3 Å². The average molecular weight is 225 g/mol. The van der Waals surface area contributed by atoms with Crippen molar-refractivity contribution in [2.45, 2.75) is 0 Å². The van der Waals surface area contributed by atoms with E-state index in [-0.39, 0.29) is 10.6 Å². The van der Waals surface area contributed by atoms with Crippen molar-refractivity contribution in [3.63, 3.8) is 0 Å². The van der Waals surface area contributed by atoms with Crippen LogP contribution in [0.3, 0.4) is 0 Å². The van der Waals surface area contributed by atoms with E-state index in [1.165, 1.54) is 12.3 Å². The van der Waals surface area contributed by atoms with Gasteiger partial charge in [-0.2, -0.15) is 0 Å². The molecule has 16 heavy (non-hydrogen) atoms. The fraction of sp³-hybridized carbons (Fsp3) is 0.222. The van der Waals surface area contributed by atoms with Gasteiger partial charge in [-0.05, 0) is 12.1 Å². The fourth-order valence-corrected chi connectivity index (χ4v) is 0.986. The Balaban J connectivity index is 2.90. The van der Waals surface area contributed by atoms with Gasteiger partial charge < -0.3 is 10.0 Å². The van der Waals surface area contributed by atoms with Crippen molar-refractivity contribution >= 4 is 17.8 Å².